The normalized spacial score (nSPS) is 10.9. The molecule has 0 fully saturated rings. The Bertz CT molecular complexity index is 545. The summed E-state index contributed by atoms with van der Waals surface area (Å²) in [5.41, 5.74) is 0. The Hall–Kier alpha value is -1.76. The Morgan fingerprint density at radius 2 is 2.33 bits per heavy atom. The Morgan fingerprint density at radius 3 is 2.89 bits per heavy atom. The quantitative estimate of drug-likeness (QED) is 0.880. The van der Waals surface area contributed by atoms with Gasteiger partial charge in [-0.05, 0) is 6.92 Å². The zero-order valence-corrected chi connectivity index (χ0v) is 11.3. The number of hydrogen-bond acceptors (Lipinski definition) is 5. The third kappa shape index (κ3) is 2.92. The van der Waals surface area contributed by atoms with E-state index >= 15 is 0 Å². The van der Waals surface area contributed by atoms with Gasteiger partial charge in [-0.25, -0.2) is 9.97 Å². The van der Waals surface area contributed by atoms with Crippen molar-refractivity contribution in [1.29, 1.82) is 0 Å². The fraction of sp³-hybridized carbons (Fsp3) is 0.455. The van der Waals surface area contributed by atoms with Crippen molar-refractivity contribution >= 4 is 17.2 Å². The third-order valence-electron chi connectivity index (χ3n) is 2.34. The van der Waals surface area contributed by atoms with Crippen molar-refractivity contribution in [3.05, 3.63) is 27.7 Å². The van der Waals surface area contributed by atoms with Crippen LogP contribution in [0.4, 0.5) is 0 Å². The van der Waals surface area contributed by atoms with Gasteiger partial charge >= 0.3 is 0 Å². The molecule has 2 aromatic rings. The molecule has 0 atom stereocenters. The van der Waals surface area contributed by atoms with E-state index in [1.165, 1.54) is 0 Å². The van der Waals surface area contributed by atoms with Gasteiger partial charge in [0.05, 0.1) is 11.6 Å². The standard InChI is InChI=1S/C11H15N5OS/c1-6(2)9-14-10(16-15-9)11(17)13-5-8-4-12-7(3)18-8/h4,6H,5H2,1-3H3,(H,13,17)(H,14,15,16). The van der Waals surface area contributed by atoms with Gasteiger partial charge in [0.2, 0.25) is 5.82 Å². The fourth-order valence-electron chi connectivity index (χ4n) is 1.37. The first-order chi connectivity index (χ1) is 8.56. The highest BCUT2D eigenvalue weighted by atomic mass is 32.1. The lowest BCUT2D eigenvalue weighted by molar-refractivity contribution is 0.0941. The summed E-state index contributed by atoms with van der Waals surface area (Å²) in [6.07, 6.45) is 1.76. The van der Waals surface area contributed by atoms with E-state index in [0.717, 1.165) is 9.88 Å². The van der Waals surface area contributed by atoms with Crippen molar-refractivity contribution in [3.8, 4) is 0 Å². The minimum absolute atomic E-state index is 0.180. The number of nitrogens with zero attached hydrogens (tertiary/aromatic N) is 3. The zero-order valence-electron chi connectivity index (χ0n) is 10.5. The van der Waals surface area contributed by atoms with E-state index < -0.39 is 0 Å². The number of rotatable bonds is 4. The highest BCUT2D eigenvalue weighted by Crippen LogP contribution is 2.11. The van der Waals surface area contributed by atoms with Gasteiger partial charge in [-0.2, -0.15) is 0 Å². The van der Waals surface area contributed by atoms with Gasteiger partial charge in [0.25, 0.3) is 5.91 Å². The lowest BCUT2D eigenvalue weighted by Crippen LogP contribution is -2.23. The third-order valence-corrected chi connectivity index (χ3v) is 3.26. The highest BCUT2D eigenvalue weighted by molar-refractivity contribution is 7.11. The van der Waals surface area contributed by atoms with Gasteiger partial charge in [-0.3, -0.25) is 9.89 Å². The average molecular weight is 265 g/mol. The number of carbonyl (C=O) groups is 1. The molecule has 2 N–H and O–H groups in total. The number of amides is 1. The molecule has 0 bridgehead atoms. The molecule has 1 amide bonds. The molecule has 0 radical (unpaired) electrons. The van der Waals surface area contributed by atoms with Crippen molar-refractivity contribution in [3.63, 3.8) is 0 Å². The second kappa shape index (κ2) is 5.26. The first-order valence-corrected chi connectivity index (χ1v) is 6.49. The topological polar surface area (TPSA) is 83.6 Å². The Balaban J connectivity index is 1.95. The monoisotopic (exact) mass is 265 g/mol. The van der Waals surface area contributed by atoms with Crippen molar-refractivity contribution in [2.75, 3.05) is 0 Å². The van der Waals surface area contributed by atoms with Crippen LogP contribution in [-0.4, -0.2) is 26.1 Å². The molecule has 0 aliphatic rings. The van der Waals surface area contributed by atoms with Crippen LogP contribution < -0.4 is 5.32 Å². The molecule has 2 aromatic heterocycles. The molecule has 0 aliphatic heterocycles. The second-order valence-corrected chi connectivity index (χ2v) is 5.55. The van der Waals surface area contributed by atoms with Crippen LogP contribution in [0.2, 0.25) is 0 Å². The molecule has 0 aromatic carbocycles. The van der Waals surface area contributed by atoms with Gasteiger partial charge in [0.1, 0.15) is 5.82 Å². The number of aromatic amines is 1. The van der Waals surface area contributed by atoms with Crippen LogP contribution in [0.1, 0.15) is 46.1 Å². The first kappa shape index (κ1) is 12.7. The van der Waals surface area contributed by atoms with Crippen LogP contribution in [0.3, 0.4) is 0 Å². The number of aryl methyl sites for hydroxylation is 1. The molecule has 6 nitrogen and oxygen atoms in total. The lowest BCUT2D eigenvalue weighted by Gasteiger charge is -1.99. The van der Waals surface area contributed by atoms with E-state index in [1.807, 2.05) is 20.8 Å². The van der Waals surface area contributed by atoms with E-state index in [1.54, 1.807) is 17.5 Å². The number of H-pyrrole nitrogens is 1. The van der Waals surface area contributed by atoms with Crippen molar-refractivity contribution in [2.24, 2.45) is 0 Å². The minimum Gasteiger partial charge on any atom is -0.344 e. The van der Waals surface area contributed by atoms with Crippen LogP contribution in [0.25, 0.3) is 0 Å². The van der Waals surface area contributed by atoms with Gasteiger partial charge < -0.3 is 5.32 Å². The summed E-state index contributed by atoms with van der Waals surface area (Å²) < 4.78 is 0. The van der Waals surface area contributed by atoms with E-state index in [4.69, 9.17) is 0 Å². The number of carbonyl (C=O) groups excluding carboxylic acids is 1. The summed E-state index contributed by atoms with van der Waals surface area (Å²) in [4.78, 5) is 21.1. The smallest absolute Gasteiger partial charge is 0.291 e. The van der Waals surface area contributed by atoms with Crippen LogP contribution in [0, 0.1) is 6.92 Å². The fourth-order valence-corrected chi connectivity index (χ4v) is 2.10. The predicted octanol–water partition coefficient (Wildman–Crippen LogP) is 1.62. The summed E-state index contributed by atoms with van der Waals surface area (Å²) in [7, 11) is 0. The Kier molecular flexibility index (Phi) is 3.71. The van der Waals surface area contributed by atoms with E-state index in [0.29, 0.717) is 12.4 Å². The molecule has 2 rings (SSSR count). The number of thiazole rings is 1. The Morgan fingerprint density at radius 1 is 1.56 bits per heavy atom. The molecule has 0 aliphatic carbocycles. The summed E-state index contributed by atoms with van der Waals surface area (Å²) in [6.45, 7) is 6.36. The molecule has 0 unspecified atom stereocenters. The minimum atomic E-state index is -0.274. The maximum atomic E-state index is 11.8. The molecule has 0 saturated carbocycles. The summed E-state index contributed by atoms with van der Waals surface area (Å²) in [5, 5.41) is 10.4. The molecule has 7 heteroatoms. The maximum Gasteiger partial charge on any atom is 0.291 e. The van der Waals surface area contributed by atoms with E-state index in [9.17, 15) is 4.79 Å². The Labute approximate surface area is 109 Å². The van der Waals surface area contributed by atoms with E-state index in [2.05, 4.69) is 25.5 Å². The van der Waals surface area contributed by atoms with Crippen LogP contribution >= 0.6 is 11.3 Å². The van der Waals surface area contributed by atoms with Gasteiger partial charge in [0, 0.05) is 17.0 Å². The number of hydrogen-bond donors (Lipinski definition) is 2. The summed E-state index contributed by atoms with van der Waals surface area (Å²) in [5.74, 6) is 0.848. The van der Waals surface area contributed by atoms with Crippen molar-refractivity contribution in [2.45, 2.75) is 33.2 Å². The average Bonchev–Trinajstić information content (AvgIpc) is 2.94. The largest absolute Gasteiger partial charge is 0.344 e. The highest BCUT2D eigenvalue weighted by Gasteiger charge is 2.13. The lowest BCUT2D eigenvalue weighted by atomic mass is 10.2. The first-order valence-electron chi connectivity index (χ1n) is 5.68. The maximum absolute atomic E-state index is 11.8. The predicted molar refractivity (Wildman–Crippen MR) is 68.5 cm³/mol. The number of nitrogens with one attached hydrogen (secondary N) is 2. The van der Waals surface area contributed by atoms with Gasteiger partial charge in [-0.1, -0.05) is 13.8 Å². The molecule has 0 spiro atoms. The zero-order chi connectivity index (χ0) is 13.1. The summed E-state index contributed by atoms with van der Waals surface area (Å²) >= 11 is 1.56. The van der Waals surface area contributed by atoms with Crippen molar-refractivity contribution < 1.29 is 4.79 Å². The molecule has 96 valence electrons. The molecule has 2 heterocycles. The van der Waals surface area contributed by atoms with Crippen LogP contribution in [-0.2, 0) is 6.54 Å². The van der Waals surface area contributed by atoms with Gasteiger partial charge in [0.15, 0.2) is 0 Å². The van der Waals surface area contributed by atoms with Crippen LogP contribution in [0.15, 0.2) is 6.20 Å². The molecule has 18 heavy (non-hydrogen) atoms. The SMILES string of the molecule is Cc1ncc(CNC(=O)c2n[nH]c(C(C)C)n2)s1. The van der Waals surface area contributed by atoms with E-state index in [-0.39, 0.29) is 17.6 Å². The molecular formula is C11H15N5OS. The summed E-state index contributed by atoms with van der Waals surface area (Å²) in [6, 6.07) is 0. The molecular weight excluding hydrogens is 250 g/mol. The van der Waals surface area contributed by atoms with Crippen molar-refractivity contribution in [1.82, 2.24) is 25.5 Å². The second-order valence-electron chi connectivity index (χ2n) is 4.23. The van der Waals surface area contributed by atoms with Crippen LogP contribution in [0.5, 0.6) is 0 Å². The number of aromatic nitrogens is 4. The van der Waals surface area contributed by atoms with Gasteiger partial charge in [-0.15, -0.1) is 16.4 Å². The molecule has 0 saturated heterocycles.